The van der Waals surface area contributed by atoms with Crippen LogP contribution in [0.1, 0.15) is 32.0 Å². The highest BCUT2D eigenvalue weighted by Crippen LogP contribution is 2.28. The number of benzene rings is 1. The number of halogens is 2. The number of rotatable bonds is 5. The number of nitrogens with one attached hydrogen (secondary N) is 1. The van der Waals surface area contributed by atoms with E-state index in [-0.39, 0.29) is 11.9 Å². The largest absolute Gasteiger partial charge is 0.321 e. The van der Waals surface area contributed by atoms with Crippen molar-refractivity contribution in [3.05, 3.63) is 35.4 Å². The van der Waals surface area contributed by atoms with Gasteiger partial charge in [0.2, 0.25) is 5.91 Å². The molecule has 1 aromatic carbocycles. The Labute approximate surface area is 128 Å². The van der Waals surface area contributed by atoms with Crippen molar-refractivity contribution in [3.8, 4) is 0 Å². The maximum Gasteiger partial charge on any atom is 0.241 e. The number of carbonyl (C=O) groups is 1. The summed E-state index contributed by atoms with van der Waals surface area (Å²) < 4.78 is 27.0. The molecule has 3 nitrogen and oxygen atoms in total. The van der Waals surface area contributed by atoms with Crippen LogP contribution in [-0.4, -0.2) is 34.9 Å². The highest BCUT2D eigenvalue weighted by Gasteiger charge is 2.38. The molecule has 2 rings (SSSR count). The molecule has 0 bridgehead atoms. The van der Waals surface area contributed by atoms with Gasteiger partial charge in [0.1, 0.15) is 17.8 Å². The zero-order valence-corrected chi connectivity index (χ0v) is 13.2. The zero-order chi connectivity index (χ0) is 15.6. The molecule has 6 heteroatoms. The van der Waals surface area contributed by atoms with Gasteiger partial charge in [0.25, 0.3) is 0 Å². The third kappa shape index (κ3) is 3.55. The highest BCUT2D eigenvalue weighted by molar-refractivity contribution is 7.99. The number of amides is 1. The molecule has 0 aromatic heterocycles. The van der Waals surface area contributed by atoms with Gasteiger partial charge in [-0.1, -0.05) is 6.92 Å². The Bertz CT molecular complexity index is 526. The van der Waals surface area contributed by atoms with E-state index in [1.807, 2.05) is 6.26 Å². The normalized spacial score (nSPS) is 23.7. The van der Waals surface area contributed by atoms with Crippen LogP contribution in [0.2, 0.25) is 0 Å². The monoisotopic (exact) mass is 314 g/mol. The second-order valence-electron chi connectivity index (χ2n) is 5.32. The molecular weight excluding hydrogens is 294 g/mol. The molecule has 0 aliphatic carbocycles. The first-order valence-corrected chi connectivity index (χ1v) is 8.27. The molecule has 3 unspecified atom stereocenters. The third-order valence-electron chi connectivity index (χ3n) is 3.81. The second kappa shape index (κ2) is 6.75. The van der Waals surface area contributed by atoms with Gasteiger partial charge in [0, 0.05) is 23.4 Å². The summed E-state index contributed by atoms with van der Waals surface area (Å²) in [6.07, 6.45) is 2.33. The summed E-state index contributed by atoms with van der Waals surface area (Å²) in [5, 5.41) is 3.50. The molecule has 1 aromatic rings. The van der Waals surface area contributed by atoms with Gasteiger partial charge >= 0.3 is 0 Å². The molecule has 1 aliphatic heterocycles. The molecule has 1 aliphatic rings. The number of nitrogens with zero attached hydrogens (tertiary/aromatic N) is 1. The quantitative estimate of drug-likeness (QED) is 0.907. The summed E-state index contributed by atoms with van der Waals surface area (Å²) in [6.45, 7) is 4.41. The fourth-order valence-corrected chi connectivity index (χ4v) is 2.77. The maximum absolute atomic E-state index is 14.0. The van der Waals surface area contributed by atoms with Crippen molar-refractivity contribution in [2.75, 3.05) is 12.8 Å². The lowest BCUT2D eigenvalue weighted by atomic mass is 10.1. The number of hydrogen-bond acceptors (Lipinski definition) is 3. The van der Waals surface area contributed by atoms with E-state index in [4.69, 9.17) is 0 Å². The Morgan fingerprint density at radius 2 is 2.14 bits per heavy atom. The molecule has 1 N–H and O–H groups in total. The van der Waals surface area contributed by atoms with Crippen molar-refractivity contribution in [3.63, 3.8) is 0 Å². The predicted molar refractivity (Wildman–Crippen MR) is 81.0 cm³/mol. The van der Waals surface area contributed by atoms with E-state index < -0.39 is 17.8 Å². The van der Waals surface area contributed by atoms with Gasteiger partial charge in [-0.15, -0.1) is 0 Å². The molecule has 1 saturated heterocycles. The fraction of sp³-hybridized carbons (Fsp3) is 0.533. The van der Waals surface area contributed by atoms with E-state index in [0.29, 0.717) is 17.4 Å². The van der Waals surface area contributed by atoms with Gasteiger partial charge in [-0.05, 0) is 31.7 Å². The van der Waals surface area contributed by atoms with Crippen molar-refractivity contribution in [2.24, 2.45) is 0 Å². The highest BCUT2D eigenvalue weighted by atomic mass is 32.2. The molecule has 116 valence electrons. The standard InChI is InChI=1S/C15H20F2N2OS/c1-9(21-3)6-7-19-14(18-10(2)15(19)20)12-5-4-11(16)8-13(12)17/h4-5,8-10,14,18H,6-7H2,1-3H3. The first-order chi connectivity index (χ1) is 9.93. The third-order valence-corrected chi connectivity index (χ3v) is 4.85. The minimum atomic E-state index is -0.627. The van der Waals surface area contributed by atoms with E-state index >= 15 is 0 Å². The Morgan fingerprint density at radius 1 is 1.43 bits per heavy atom. The van der Waals surface area contributed by atoms with Crippen LogP contribution in [-0.2, 0) is 4.79 Å². The van der Waals surface area contributed by atoms with Crippen LogP contribution in [0, 0.1) is 11.6 Å². The van der Waals surface area contributed by atoms with E-state index in [1.54, 1.807) is 23.6 Å². The lowest BCUT2D eigenvalue weighted by Gasteiger charge is -2.26. The van der Waals surface area contributed by atoms with Crippen molar-refractivity contribution < 1.29 is 13.6 Å². The Kier molecular flexibility index (Phi) is 5.22. The Balaban J connectivity index is 2.21. The SMILES string of the molecule is CSC(C)CCN1C(=O)C(C)NC1c1ccc(F)cc1F. The van der Waals surface area contributed by atoms with Crippen LogP contribution in [0.5, 0.6) is 0 Å². The molecule has 21 heavy (non-hydrogen) atoms. The van der Waals surface area contributed by atoms with Gasteiger partial charge in [0.15, 0.2) is 0 Å². The van der Waals surface area contributed by atoms with Gasteiger partial charge in [-0.2, -0.15) is 11.8 Å². The average Bonchev–Trinajstić information content (AvgIpc) is 2.72. The molecule has 0 spiro atoms. The Hall–Kier alpha value is -1.14. The smallest absolute Gasteiger partial charge is 0.241 e. The molecule has 1 heterocycles. The van der Waals surface area contributed by atoms with Crippen molar-refractivity contribution in [2.45, 2.75) is 37.7 Å². The topological polar surface area (TPSA) is 32.3 Å². The molecule has 1 fully saturated rings. The molecule has 0 radical (unpaired) electrons. The molecule has 1 amide bonds. The van der Waals surface area contributed by atoms with E-state index in [0.717, 1.165) is 12.5 Å². The Morgan fingerprint density at radius 3 is 2.76 bits per heavy atom. The summed E-state index contributed by atoms with van der Waals surface area (Å²) in [7, 11) is 0. The van der Waals surface area contributed by atoms with E-state index in [1.165, 1.54) is 12.1 Å². The lowest BCUT2D eigenvalue weighted by molar-refractivity contribution is -0.129. The van der Waals surface area contributed by atoms with Crippen molar-refractivity contribution >= 4 is 17.7 Å². The van der Waals surface area contributed by atoms with E-state index in [2.05, 4.69) is 12.2 Å². The van der Waals surface area contributed by atoms with Gasteiger partial charge < -0.3 is 4.90 Å². The summed E-state index contributed by atoms with van der Waals surface area (Å²) in [4.78, 5) is 13.9. The van der Waals surface area contributed by atoms with Crippen LogP contribution in [0.15, 0.2) is 18.2 Å². The maximum atomic E-state index is 14.0. The first kappa shape index (κ1) is 16.2. The van der Waals surface area contributed by atoms with Crippen LogP contribution >= 0.6 is 11.8 Å². The predicted octanol–water partition coefficient (Wildman–Crippen LogP) is 2.93. The van der Waals surface area contributed by atoms with Gasteiger partial charge in [0.05, 0.1) is 6.04 Å². The first-order valence-electron chi connectivity index (χ1n) is 6.98. The van der Waals surface area contributed by atoms with Crippen molar-refractivity contribution in [1.29, 1.82) is 0 Å². The van der Waals surface area contributed by atoms with Crippen LogP contribution in [0.25, 0.3) is 0 Å². The minimum Gasteiger partial charge on any atom is -0.321 e. The van der Waals surface area contributed by atoms with Crippen LogP contribution in [0.4, 0.5) is 8.78 Å². The summed E-state index contributed by atoms with van der Waals surface area (Å²) in [6, 6.07) is 3.12. The average molecular weight is 314 g/mol. The second-order valence-corrected chi connectivity index (χ2v) is 6.60. The number of thioether (sulfide) groups is 1. The molecule has 0 saturated carbocycles. The van der Waals surface area contributed by atoms with Crippen LogP contribution in [0.3, 0.4) is 0 Å². The number of carbonyl (C=O) groups excluding carboxylic acids is 1. The van der Waals surface area contributed by atoms with Gasteiger partial charge in [-0.25, -0.2) is 8.78 Å². The zero-order valence-electron chi connectivity index (χ0n) is 12.4. The molecular formula is C15H20F2N2OS. The summed E-state index contributed by atoms with van der Waals surface area (Å²) >= 11 is 1.73. The summed E-state index contributed by atoms with van der Waals surface area (Å²) in [5.41, 5.74) is 0.311. The lowest BCUT2D eigenvalue weighted by Crippen LogP contribution is -2.33. The van der Waals surface area contributed by atoms with Gasteiger partial charge in [-0.3, -0.25) is 10.1 Å². The molecule has 3 atom stereocenters. The van der Waals surface area contributed by atoms with Crippen molar-refractivity contribution in [1.82, 2.24) is 10.2 Å². The summed E-state index contributed by atoms with van der Waals surface area (Å²) in [5.74, 6) is -1.29. The number of hydrogen-bond donors (Lipinski definition) is 1. The minimum absolute atomic E-state index is 0.0444. The fourth-order valence-electron chi connectivity index (χ4n) is 2.43. The van der Waals surface area contributed by atoms with Crippen LogP contribution < -0.4 is 5.32 Å². The van der Waals surface area contributed by atoms with E-state index in [9.17, 15) is 13.6 Å².